The number of benzene rings is 1. The molecule has 0 bridgehead atoms. The first-order chi connectivity index (χ1) is 20.0. The molecule has 0 radical (unpaired) electrons. The van der Waals surface area contributed by atoms with Crippen LogP contribution in [0.1, 0.15) is 81.5 Å². The van der Waals surface area contributed by atoms with Crippen LogP contribution in [0.15, 0.2) is 21.5 Å². The maximum atomic E-state index is 13.2. The first-order valence-corrected chi connectivity index (χ1v) is 14.7. The number of aryl methyl sites for hydroxylation is 2. The van der Waals surface area contributed by atoms with E-state index in [2.05, 4.69) is 17.2 Å². The fourth-order valence-corrected chi connectivity index (χ4v) is 5.69. The second kappa shape index (κ2) is 12.3. The molecule has 1 fully saturated rings. The largest absolute Gasteiger partial charge is 0.484 e. The van der Waals surface area contributed by atoms with Crippen LogP contribution in [0.25, 0.3) is 11.0 Å². The molecular weight excluding hydrogens is 546 g/mol. The lowest BCUT2D eigenvalue weighted by atomic mass is 9.91. The van der Waals surface area contributed by atoms with E-state index in [1.165, 1.54) is 10.9 Å². The van der Waals surface area contributed by atoms with E-state index in [-0.39, 0.29) is 12.2 Å². The van der Waals surface area contributed by atoms with Crippen molar-refractivity contribution in [3.8, 4) is 11.5 Å². The van der Waals surface area contributed by atoms with Gasteiger partial charge in [-0.25, -0.2) is 9.48 Å². The molecule has 12 nitrogen and oxygen atoms in total. The lowest BCUT2D eigenvalue weighted by Gasteiger charge is -2.39. The van der Waals surface area contributed by atoms with Crippen LogP contribution in [-0.2, 0) is 24.2 Å². The Labute approximate surface area is 243 Å². The minimum Gasteiger partial charge on any atom is -0.484 e. The van der Waals surface area contributed by atoms with Gasteiger partial charge in [0.1, 0.15) is 42.3 Å². The number of aliphatic hydroxyl groups excluding tert-OH is 4. The van der Waals surface area contributed by atoms with E-state index < -0.39 is 42.9 Å². The SMILES string of the molecule is CCCCCCc1c(C)c2cc3c(c(OCc4cn([C@@H]5O[C@H](CO)[C@@H](O)[C@H](O)[C@H]5O)nn4)c2oc1=O)OC(C)(C)CC3. The molecule has 230 valence electrons. The molecule has 0 saturated carbocycles. The molecule has 4 heterocycles. The minimum absolute atomic E-state index is 0.0751. The average Bonchev–Trinajstić information content (AvgIpc) is 3.43. The Morgan fingerprint density at radius 1 is 1.14 bits per heavy atom. The Hall–Kier alpha value is -3.03. The van der Waals surface area contributed by atoms with Crippen molar-refractivity contribution < 1.29 is 39.1 Å². The van der Waals surface area contributed by atoms with Crippen LogP contribution in [0.4, 0.5) is 0 Å². The van der Waals surface area contributed by atoms with Crippen LogP contribution in [0.2, 0.25) is 0 Å². The van der Waals surface area contributed by atoms with Crippen LogP contribution in [0.3, 0.4) is 0 Å². The van der Waals surface area contributed by atoms with Gasteiger partial charge in [0.25, 0.3) is 0 Å². The van der Waals surface area contributed by atoms with E-state index in [0.29, 0.717) is 34.8 Å². The van der Waals surface area contributed by atoms with E-state index in [9.17, 15) is 25.2 Å². The summed E-state index contributed by atoms with van der Waals surface area (Å²) < 4.78 is 25.3. The lowest BCUT2D eigenvalue weighted by Crippen LogP contribution is -2.56. The van der Waals surface area contributed by atoms with Crippen LogP contribution >= 0.6 is 0 Å². The van der Waals surface area contributed by atoms with Crippen LogP contribution in [0, 0.1) is 6.92 Å². The van der Waals surface area contributed by atoms with Crippen molar-refractivity contribution in [2.45, 2.75) is 115 Å². The highest BCUT2D eigenvalue weighted by Gasteiger charge is 2.44. The Morgan fingerprint density at radius 2 is 1.93 bits per heavy atom. The number of aromatic nitrogens is 3. The topological polar surface area (TPSA) is 170 Å². The number of ether oxygens (including phenoxy) is 3. The molecular formula is C30H41N3O9. The van der Waals surface area contributed by atoms with Gasteiger partial charge in [0.05, 0.1) is 12.8 Å². The van der Waals surface area contributed by atoms with E-state index in [1.807, 2.05) is 26.8 Å². The predicted octanol–water partition coefficient (Wildman–Crippen LogP) is 2.47. The summed E-state index contributed by atoms with van der Waals surface area (Å²) in [6.07, 6.45) is 1.13. The monoisotopic (exact) mass is 587 g/mol. The number of rotatable bonds is 10. The molecule has 4 N–H and O–H groups in total. The Bertz CT molecular complexity index is 1460. The van der Waals surface area contributed by atoms with Crippen molar-refractivity contribution in [3.63, 3.8) is 0 Å². The third kappa shape index (κ3) is 5.91. The molecule has 3 aromatic rings. The van der Waals surface area contributed by atoms with Gasteiger partial charge in [-0.05, 0) is 63.6 Å². The number of aliphatic hydroxyl groups is 4. The number of nitrogens with zero attached hydrogens (tertiary/aromatic N) is 3. The Morgan fingerprint density at radius 3 is 2.67 bits per heavy atom. The minimum atomic E-state index is -1.55. The summed E-state index contributed by atoms with van der Waals surface area (Å²) in [5, 5.41) is 49.1. The average molecular weight is 588 g/mol. The van der Waals surface area contributed by atoms with E-state index in [1.54, 1.807) is 0 Å². The first-order valence-electron chi connectivity index (χ1n) is 14.7. The van der Waals surface area contributed by atoms with Gasteiger partial charge in [-0.3, -0.25) is 0 Å². The maximum absolute atomic E-state index is 13.2. The van der Waals surface area contributed by atoms with Gasteiger partial charge in [-0.15, -0.1) is 5.10 Å². The second-order valence-electron chi connectivity index (χ2n) is 11.9. The molecule has 42 heavy (non-hydrogen) atoms. The van der Waals surface area contributed by atoms with Gasteiger partial charge in [-0.1, -0.05) is 31.4 Å². The Balaban J connectivity index is 1.46. The van der Waals surface area contributed by atoms with Crippen LogP contribution in [0.5, 0.6) is 11.5 Å². The summed E-state index contributed by atoms with van der Waals surface area (Å²) in [6, 6.07) is 2.04. The molecule has 2 aliphatic rings. The molecule has 12 heteroatoms. The fourth-order valence-electron chi connectivity index (χ4n) is 5.69. The zero-order valence-corrected chi connectivity index (χ0v) is 24.6. The van der Waals surface area contributed by atoms with Crippen molar-refractivity contribution in [1.29, 1.82) is 0 Å². The molecule has 0 aliphatic carbocycles. The summed E-state index contributed by atoms with van der Waals surface area (Å²) in [6.45, 7) is 7.46. The summed E-state index contributed by atoms with van der Waals surface area (Å²) in [7, 11) is 0. The van der Waals surface area contributed by atoms with Crippen molar-refractivity contribution in [2.24, 2.45) is 0 Å². The molecule has 5 atom stereocenters. The highest BCUT2D eigenvalue weighted by atomic mass is 16.6. The zero-order valence-electron chi connectivity index (χ0n) is 24.6. The molecule has 2 aliphatic heterocycles. The van der Waals surface area contributed by atoms with Gasteiger partial charge >= 0.3 is 5.63 Å². The number of unbranched alkanes of at least 4 members (excludes halogenated alkanes) is 3. The standard InChI is InChI=1S/C30H41N3O9/c1-5-6-7-8-9-19-16(2)20-12-17-10-11-30(3,4)42-25(17)27(26(20)41-29(19)38)39-15-18-13-33(32-31-18)28-24(37)23(36)22(35)21(14-34)40-28/h12-13,21-24,28,34-37H,5-11,14-15H2,1-4H3/t21-,22-,23+,24-,28-/m1/s1. The number of fused-ring (bicyclic) bond motifs is 2. The third-order valence-corrected chi connectivity index (χ3v) is 8.27. The number of hydrogen-bond acceptors (Lipinski definition) is 11. The first kappa shape index (κ1) is 30.4. The van der Waals surface area contributed by atoms with Crippen molar-refractivity contribution >= 4 is 11.0 Å². The van der Waals surface area contributed by atoms with Gasteiger partial charge in [-0.2, -0.15) is 0 Å². The summed E-state index contributed by atoms with van der Waals surface area (Å²) >= 11 is 0. The molecule has 0 unspecified atom stereocenters. The van der Waals surface area contributed by atoms with E-state index >= 15 is 0 Å². The summed E-state index contributed by atoms with van der Waals surface area (Å²) in [5.74, 6) is 0.841. The zero-order chi connectivity index (χ0) is 30.2. The molecule has 5 rings (SSSR count). The Kier molecular flexibility index (Phi) is 8.91. The molecule has 2 aromatic heterocycles. The molecule has 0 spiro atoms. The van der Waals surface area contributed by atoms with Gasteiger partial charge in [0.2, 0.25) is 5.75 Å². The summed E-state index contributed by atoms with van der Waals surface area (Å²) in [5.41, 5.74) is 2.37. The number of hydrogen-bond donors (Lipinski definition) is 4. The van der Waals surface area contributed by atoms with Gasteiger partial charge < -0.3 is 39.1 Å². The van der Waals surface area contributed by atoms with E-state index in [0.717, 1.165) is 55.0 Å². The molecule has 1 aromatic carbocycles. The normalized spacial score (nSPS) is 25.3. The highest BCUT2D eigenvalue weighted by Crippen LogP contribution is 2.46. The molecule has 0 amide bonds. The van der Waals surface area contributed by atoms with Crippen molar-refractivity contribution in [2.75, 3.05) is 6.61 Å². The second-order valence-corrected chi connectivity index (χ2v) is 11.9. The van der Waals surface area contributed by atoms with Crippen LogP contribution < -0.4 is 15.1 Å². The lowest BCUT2D eigenvalue weighted by molar-refractivity contribution is -0.254. The van der Waals surface area contributed by atoms with Gasteiger partial charge in [0.15, 0.2) is 17.6 Å². The smallest absolute Gasteiger partial charge is 0.339 e. The maximum Gasteiger partial charge on any atom is 0.339 e. The quantitative estimate of drug-likeness (QED) is 0.203. The highest BCUT2D eigenvalue weighted by molar-refractivity contribution is 5.90. The van der Waals surface area contributed by atoms with Crippen molar-refractivity contribution in [1.82, 2.24) is 15.0 Å². The predicted molar refractivity (Wildman–Crippen MR) is 151 cm³/mol. The van der Waals surface area contributed by atoms with E-state index in [4.69, 9.17) is 18.6 Å². The van der Waals surface area contributed by atoms with Crippen LogP contribution in [-0.4, -0.2) is 72.0 Å². The fraction of sp³-hybridized carbons (Fsp3) is 0.633. The summed E-state index contributed by atoms with van der Waals surface area (Å²) in [4.78, 5) is 13.2. The van der Waals surface area contributed by atoms with Crippen molar-refractivity contribution in [3.05, 3.63) is 45.1 Å². The third-order valence-electron chi connectivity index (χ3n) is 8.27. The molecule has 1 saturated heterocycles. The van der Waals surface area contributed by atoms with Gasteiger partial charge in [0, 0.05) is 10.9 Å².